The number of para-hydroxylation sites is 1. The molecule has 0 saturated carbocycles. The second kappa shape index (κ2) is 13.8. The summed E-state index contributed by atoms with van der Waals surface area (Å²) >= 11 is 3.42. The highest BCUT2D eigenvalue weighted by Crippen LogP contribution is 2.20. The van der Waals surface area contributed by atoms with Gasteiger partial charge in [0.05, 0.1) is 12.8 Å². The summed E-state index contributed by atoms with van der Waals surface area (Å²) in [6.45, 7) is 4.30. The number of nitrogens with one attached hydrogen (secondary N) is 3. The molecule has 3 N–H and O–H groups in total. The average Bonchev–Trinajstić information content (AvgIpc) is 2.89. The van der Waals surface area contributed by atoms with Crippen LogP contribution in [-0.4, -0.2) is 37.1 Å². The Bertz CT molecular complexity index is 1280. The molecule has 0 unspecified atom stereocenters. The van der Waals surface area contributed by atoms with E-state index in [4.69, 9.17) is 9.47 Å². The lowest BCUT2D eigenvalue weighted by Gasteiger charge is -2.10. The van der Waals surface area contributed by atoms with Crippen molar-refractivity contribution in [1.29, 1.82) is 0 Å². The highest BCUT2D eigenvalue weighted by atomic mass is 79.9. The summed E-state index contributed by atoms with van der Waals surface area (Å²) < 4.78 is 12.1. The van der Waals surface area contributed by atoms with Gasteiger partial charge in [0.15, 0.2) is 6.61 Å². The summed E-state index contributed by atoms with van der Waals surface area (Å²) in [4.78, 5) is 36.6. The highest BCUT2D eigenvalue weighted by molar-refractivity contribution is 9.10. The van der Waals surface area contributed by atoms with Gasteiger partial charge in [-0.1, -0.05) is 35.0 Å². The van der Waals surface area contributed by atoms with E-state index in [1.807, 2.05) is 26.0 Å². The summed E-state index contributed by atoms with van der Waals surface area (Å²) in [5.74, 6) is -1.08. The first-order valence-electron chi connectivity index (χ1n) is 11.5. The minimum absolute atomic E-state index is 0.225. The highest BCUT2D eigenvalue weighted by Gasteiger charge is 2.13. The fourth-order valence-corrected chi connectivity index (χ4v) is 3.28. The summed E-state index contributed by atoms with van der Waals surface area (Å²) in [6, 6.07) is 19.0. The van der Waals surface area contributed by atoms with Gasteiger partial charge in [-0.3, -0.25) is 14.4 Å². The lowest BCUT2D eigenvalue weighted by molar-refractivity contribution is -0.136. The largest absolute Gasteiger partial charge is 0.494 e. The van der Waals surface area contributed by atoms with Gasteiger partial charge in [0.2, 0.25) is 0 Å². The zero-order valence-electron chi connectivity index (χ0n) is 20.4. The Morgan fingerprint density at radius 3 is 2.38 bits per heavy atom. The van der Waals surface area contributed by atoms with Crippen molar-refractivity contribution in [2.45, 2.75) is 20.3 Å². The molecule has 0 aliphatic heterocycles. The molecule has 0 aromatic heterocycles. The Morgan fingerprint density at radius 2 is 1.65 bits per heavy atom. The monoisotopic (exact) mass is 566 g/mol. The fourth-order valence-electron chi connectivity index (χ4n) is 3.03. The molecule has 3 rings (SSSR count). The van der Waals surface area contributed by atoms with Crippen LogP contribution in [0, 0.1) is 6.92 Å². The molecule has 3 aromatic carbocycles. The maximum absolute atomic E-state index is 12.3. The summed E-state index contributed by atoms with van der Waals surface area (Å²) in [7, 11) is 0. The van der Waals surface area contributed by atoms with Gasteiger partial charge in [0, 0.05) is 21.4 Å². The smallest absolute Gasteiger partial charge is 0.329 e. The zero-order valence-corrected chi connectivity index (χ0v) is 22.0. The predicted molar refractivity (Wildman–Crippen MR) is 146 cm³/mol. The molecule has 37 heavy (non-hydrogen) atoms. The second-order valence-corrected chi connectivity index (χ2v) is 8.72. The first-order chi connectivity index (χ1) is 17.9. The second-order valence-electron chi connectivity index (χ2n) is 7.86. The Kier molecular flexibility index (Phi) is 10.2. The van der Waals surface area contributed by atoms with Crippen molar-refractivity contribution in [2.24, 2.45) is 5.10 Å². The molecule has 10 heteroatoms. The molecule has 0 spiro atoms. The molecule has 192 valence electrons. The third-order valence-corrected chi connectivity index (χ3v) is 5.77. The van der Waals surface area contributed by atoms with Gasteiger partial charge < -0.3 is 20.1 Å². The normalized spacial score (nSPS) is 10.6. The van der Waals surface area contributed by atoms with Crippen LogP contribution in [0.2, 0.25) is 0 Å². The lowest BCUT2D eigenvalue weighted by atomic mass is 10.2. The van der Waals surface area contributed by atoms with Crippen LogP contribution < -0.4 is 25.5 Å². The third kappa shape index (κ3) is 8.76. The first kappa shape index (κ1) is 27.4. The van der Waals surface area contributed by atoms with E-state index < -0.39 is 11.8 Å². The van der Waals surface area contributed by atoms with Crippen LogP contribution in [0.15, 0.2) is 76.3 Å². The van der Waals surface area contributed by atoms with Crippen molar-refractivity contribution < 1.29 is 23.9 Å². The van der Waals surface area contributed by atoms with Crippen molar-refractivity contribution >= 4 is 51.2 Å². The van der Waals surface area contributed by atoms with Gasteiger partial charge >= 0.3 is 11.8 Å². The summed E-state index contributed by atoms with van der Waals surface area (Å²) in [6.07, 6.45) is 2.22. The summed E-state index contributed by atoms with van der Waals surface area (Å²) in [5, 5.41) is 9.10. The molecule has 0 aliphatic carbocycles. The van der Waals surface area contributed by atoms with Crippen molar-refractivity contribution in [3.8, 4) is 11.5 Å². The number of anilines is 2. The number of amides is 3. The molecular weight excluding hydrogens is 540 g/mol. The van der Waals surface area contributed by atoms with Crippen LogP contribution in [0.1, 0.15) is 24.5 Å². The van der Waals surface area contributed by atoms with Crippen LogP contribution in [0.4, 0.5) is 11.4 Å². The van der Waals surface area contributed by atoms with E-state index in [-0.39, 0.29) is 12.5 Å². The number of rotatable bonds is 10. The molecule has 0 atom stereocenters. The Morgan fingerprint density at radius 1 is 0.919 bits per heavy atom. The van der Waals surface area contributed by atoms with E-state index >= 15 is 0 Å². The SMILES string of the molecule is CCCOc1ccc(NC(=O)C(=O)N/N=C\c2ccccc2OCC(=O)Nc2ccc(Br)c(C)c2)cc1. The van der Waals surface area contributed by atoms with E-state index in [2.05, 4.69) is 37.1 Å². The molecule has 0 radical (unpaired) electrons. The molecular formula is C27H27BrN4O5. The van der Waals surface area contributed by atoms with Crippen molar-refractivity contribution in [2.75, 3.05) is 23.8 Å². The predicted octanol–water partition coefficient (Wildman–Crippen LogP) is 4.65. The molecule has 3 amide bonds. The maximum Gasteiger partial charge on any atom is 0.329 e. The number of benzene rings is 3. The maximum atomic E-state index is 12.3. The Hall–Kier alpha value is -4.18. The van der Waals surface area contributed by atoms with E-state index in [1.165, 1.54) is 6.21 Å². The van der Waals surface area contributed by atoms with Crippen molar-refractivity contribution in [3.05, 3.63) is 82.3 Å². The van der Waals surface area contributed by atoms with Gasteiger partial charge in [-0.05, 0) is 73.5 Å². The van der Waals surface area contributed by atoms with E-state index in [0.717, 1.165) is 16.5 Å². The van der Waals surface area contributed by atoms with Crippen LogP contribution in [-0.2, 0) is 14.4 Å². The zero-order chi connectivity index (χ0) is 26.6. The molecule has 9 nitrogen and oxygen atoms in total. The number of hydrogen-bond acceptors (Lipinski definition) is 6. The van der Waals surface area contributed by atoms with Gasteiger partial charge in [-0.2, -0.15) is 5.10 Å². The number of carbonyl (C=O) groups excluding carboxylic acids is 3. The minimum atomic E-state index is -0.940. The molecule has 0 bridgehead atoms. The van der Waals surface area contributed by atoms with Crippen LogP contribution in [0.3, 0.4) is 0 Å². The Labute approximate surface area is 223 Å². The Balaban J connectivity index is 1.50. The van der Waals surface area contributed by atoms with Crippen LogP contribution in [0.5, 0.6) is 11.5 Å². The number of ether oxygens (including phenoxy) is 2. The molecule has 0 saturated heterocycles. The van der Waals surface area contributed by atoms with Gasteiger partial charge in [-0.25, -0.2) is 5.43 Å². The number of nitrogens with zero attached hydrogens (tertiary/aromatic N) is 1. The number of aryl methyl sites for hydroxylation is 1. The van der Waals surface area contributed by atoms with Crippen LogP contribution >= 0.6 is 15.9 Å². The average molecular weight is 567 g/mol. The molecule has 0 fully saturated rings. The van der Waals surface area contributed by atoms with Gasteiger partial charge in [0.25, 0.3) is 5.91 Å². The number of hydrazone groups is 1. The van der Waals surface area contributed by atoms with E-state index in [0.29, 0.717) is 35.0 Å². The lowest BCUT2D eigenvalue weighted by Crippen LogP contribution is -2.32. The first-order valence-corrected chi connectivity index (χ1v) is 12.3. The quantitative estimate of drug-likeness (QED) is 0.187. The summed E-state index contributed by atoms with van der Waals surface area (Å²) in [5.41, 5.74) is 4.79. The standard InChI is InChI=1S/C27H27BrN4O5/c1-3-14-36-22-11-8-20(9-12-22)31-26(34)27(35)32-29-16-19-6-4-5-7-24(19)37-17-25(33)30-21-10-13-23(28)18(2)15-21/h4-13,15-16H,3,14,17H2,1-2H3,(H,30,33)(H,31,34)(H,32,35)/b29-16-. The third-order valence-electron chi connectivity index (χ3n) is 4.88. The molecule has 0 heterocycles. The van der Waals surface area contributed by atoms with Crippen molar-refractivity contribution in [3.63, 3.8) is 0 Å². The molecule has 0 aliphatic rings. The fraction of sp³-hybridized carbons (Fsp3) is 0.185. The van der Waals surface area contributed by atoms with E-state index in [9.17, 15) is 14.4 Å². The minimum Gasteiger partial charge on any atom is -0.494 e. The molecule has 3 aromatic rings. The van der Waals surface area contributed by atoms with Crippen LogP contribution in [0.25, 0.3) is 0 Å². The number of halogens is 1. The van der Waals surface area contributed by atoms with Gasteiger partial charge in [-0.15, -0.1) is 0 Å². The van der Waals surface area contributed by atoms with Crippen molar-refractivity contribution in [1.82, 2.24) is 5.43 Å². The topological polar surface area (TPSA) is 118 Å². The number of hydrogen-bond donors (Lipinski definition) is 3. The van der Waals surface area contributed by atoms with Gasteiger partial charge in [0.1, 0.15) is 11.5 Å². The number of carbonyl (C=O) groups is 3. The van der Waals surface area contributed by atoms with E-state index in [1.54, 1.807) is 54.6 Å².